The Morgan fingerprint density at radius 1 is 1.29 bits per heavy atom. The molecule has 0 unspecified atom stereocenters. The van der Waals surface area contributed by atoms with Crippen molar-refractivity contribution in [1.82, 2.24) is 9.55 Å². The highest BCUT2D eigenvalue weighted by atomic mass is 16.5. The molecule has 0 bridgehead atoms. The Morgan fingerprint density at radius 3 is 2.88 bits per heavy atom. The fourth-order valence-electron chi connectivity index (χ4n) is 1.82. The molecule has 0 saturated heterocycles. The van der Waals surface area contributed by atoms with Crippen LogP contribution in [0.5, 0.6) is 5.75 Å². The molecule has 0 aliphatic carbocycles. The van der Waals surface area contributed by atoms with Crippen molar-refractivity contribution in [1.29, 1.82) is 0 Å². The zero-order chi connectivity index (χ0) is 12.1. The third kappa shape index (κ3) is 2.67. The van der Waals surface area contributed by atoms with E-state index >= 15 is 0 Å². The highest BCUT2D eigenvalue weighted by Gasteiger charge is 2.07. The Balaban J connectivity index is 2.24. The van der Waals surface area contributed by atoms with E-state index in [0.717, 1.165) is 23.6 Å². The van der Waals surface area contributed by atoms with Gasteiger partial charge in [-0.25, -0.2) is 4.98 Å². The van der Waals surface area contributed by atoms with Gasteiger partial charge in [-0.2, -0.15) is 0 Å². The number of aromatic nitrogens is 2. The molecule has 3 nitrogen and oxygen atoms in total. The summed E-state index contributed by atoms with van der Waals surface area (Å²) in [5, 5.41) is 0. The lowest BCUT2D eigenvalue weighted by Gasteiger charge is -2.05. The lowest BCUT2D eigenvalue weighted by Crippen LogP contribution is -1.92. The molecule has 0 radical (unpaired) electrons. The van der Waals surface area contributed by atoms with Crippen LogP contribution in [0.1, 0.15) is 19.8 Å². The number of benzene rings is 1. The van der Waals surface area contributed by atoms with Crippen LogP contribution in [0, 0.1) is 0 Å². The van der Waals surface area contributed by atoms with Gasteiger partial charge >= 0.3 is 0 Å². The summed E-state index contributed by atoms with van der Waals surface area (Å²) in [5.41, 5.74) is 2.02. The molecule has 0 saturated carbocycles. The van der Waals surface area contributed by atoms with Crippen molar-refractivity contribution in [2.24, 2.45) is 0 Å². The molecule has 2 rings (SSSR count). The molecule has 3 heteroatoms. The first-order valence-electron chi connectivity index (χ1n) is 6.00. The number of hydrogen-bond donors (Lipinski definition) is 0. The second-order valence-corrected chi connectivity index (χ2v) is 4.05. The fraction of sp³-hybridized carbons (Fsp3) is 0.357. The first-order valence-corrected chi connectivity index (χ1v) is 6.00. The second-order valence-electron chi connectivity index (χ2n) is 4.05. The molecule has 1 aromatic carbocycles. The quantitative estimate of drug-likeness (QED) is 0.787. The third-order valence-corrected chi connectivity index (χ3v) is 2.79. The van der Waals surface area contributed by atoms with Crippen LogP contribution in [0.3, 0.4) is 0 Å². The highest BCUT2D eigenvalue weighted by Crippen LogP contribution is 2.27. The monoisotopic (exact) mass is 230 g/mol. The van der Waals surface area contributed by atoms with Crippen molar-refractivity contribution in [3.63, 3.8) is 0 Å². The maximum absolute atomic E-state index is 5.34. The Kier molecular flexibility index (Phi) is 3.81. The van der Waals surface area contributed by atoms with Crippen molar-refractivity contribution in [2.45, 2.75) is 26.3 Å². The lowest BCUT2D eigenvalue weighted by molar-refractivity contribution is 0.416. The van der Waals surface area contributed by atoms with Crippen molar-refractivity contribution < 1.29 is 4.74 Å². The minimum atomic E-state index is 0.869. The van der Waals surface area contributed by atoms with Gasteiger partial charge in [-0.3, -0.25) is 0 Å². The topological polar surface area (TPSA) is 27.1 Å². The number of aryl methyl sites for hydroxylation is 1. The van der Waals surface area contributed by atoms with E-state index in [4.69, 9.17) is 4.74 Å². The van der Waals surface area contributed by atoms with Crippen LogP contribution < -0.4 is 4.74 Å². The minimum absolute atomic E-state index is 0.869. The molecule has 90 valence electrons. The Morgan fingerprint density at radius 2 is 2.12 bits per heavy atom. The summed E-state index contributed by atoms with van der Waals surface area (Å²) >= 11 is 0. The molecule has 0 aliphatic heterocycles. The molecule has 0 aliphatic rings. The number of imidazole rings is 1. The van der Waals surface area contributed by atoms with Gasteiger partial charge in [0, 0.05) is 18.3 Å². The van der Waals surface area contributed by atoms with Crippen LogP contribution in [-0.2, 0) is 6.54 Å². The largest absolute Gasteiger partial charge is 0.496 e. The van der Waals surface area contributed by atoms with Gasteiger partial charge < -0.3 is 9.30 Å². The number of hydrogen-bond acceptors (Lipinski definition) is 2. The SMILES string of the molecule is CCCCn1cnc(-c2ccccc2OC)c1. The Hall–Kier alpha value is -1.77. The number of ether oxygens (including phenoxy) is 1. The van der Waals surface area contributed by atoms with Gasteiger partial charge in [0.15, 0.2) is 0 Å². The molecule has 2 aromatic rings. The Labute approximate surface area is 102 Å². The van der Waals surface area contributed by atoms with E-state index in [0.29, 0.717) is 0 Å². The summed E-state index contributed by atoms with van der Waals surface area (Å²) in [4.78, 5) is 4.43. The fourth-order valence-corrected chi connectivity index (χ4v) is 1.82. The summed E-state index contributed by atoms with van der Waals surface area (Å²) in [5.74, 6) is 0.869. The zero-order valence-electron chi connectivity index (χ0n) is 10.4. The predicted molar refractivity (Wildman–Crippen MR) is 69.1 cm³/mol. The number of unbranched alkanes of at least 4 members (excludes halogenated alkanes) is 1. The van der Waals surface area contributed by atoms with Crippen molar-refractivity contribution in [3.8, 4) is 17.0 Å². The third-order valence-electron chi connectivity index (χ3n) is 2.79. The van der Waals surface area contributed by atoms with E-state index in [9.17, 15) is 0 Å². The molecule has 17 heavy (non-hydrogen) atoms. The standard InChI is InChI=1S/C14H18N2O/c1-3-4-9-16-10-13(15-11-16)12-7-5-6-8-14(12)17-2/h5-8,10-11H,3-4,9H2,1-2H3. The average Bonchev–Trinajstić information content (AvgIpc) is 2.85. The van der Waals surface area contributed by atoms with Crippen molar-refractivity contribution in [3.05, 3.63) is 36.8 Å². The van der Waals surface area contributed by atoms with Gasteiger partial charge in [0.25, 0.3) is 0 Å². The summed E-state index contributed by atoms with van der Waals surface area (Å²) in [6.07, 6.45) is 6.34. The van der Waals surface area contributed by atoms with E-state index in [1.165, 1.54) is 12.8 Å². The van der Waals surface area contributed by atoms with Crippen LogP contribution in [0.25, 0.3) is 11.3 Å². The maximum atomic E-state index is 5.34. The van der Waals surface area contributed by atoms with E-state index in [2.05, 4.69) is 22.7 Å². The molecular formula is C14H18N2O. The lowest BCUT2D eigenvalue weighted by atomic mass is 10.1. The van der Waals surface area contributed by atoms with Gasteiger partial charge in [-0.05, 0) is 18.6 Å². The van der Waals surface area contributed by atoms with Crippen LogP contribution >= 0.6 is 0 Å². The first-order chi connectivity index (χ1) is 8.35. The van der Waals surface area contributed by atoms with Crippen LogP contribution in [0.4, 0.5) is 0 Å². The van der Waals surface area contributed by atoms with Crippen LogP contribution in [-0.4, -0.2) is 16.7 Å². The smallest absolute Gasteiger partial charge is 0.128 e. The minimum Gasteiger partial charge on any atom is -0.496 e. The average molecular weight is 230 g/mol. The van der Waals surface area contributed by atoms with Crippen molar-refractivity contribution in [2.75, 3.05) is 7.11 Å². The summed E-state index contributed by atoms with van der Waals surface area (Å²) < 4.78 is 7.47. The van der Waals surface area contributed by atoms with E-state index in [1.54, 1.807) is 7.11 Å². The van der Waals surface area contributed by atoms with Crippen LogP contribution in [0.15, 0.2) is 36.8 Å². The van der Waals surface area contributed by atoms with Crippen molar-refractivity contribution >= 4 is 0 Å². The number of nitrogens with zero attached hydrogens (tertiary/aromatic N) is 2. The van der Waals surface area contributed by atoms with Gasteiger partial charge in [0.2, 0.25) is 0 Å². The van der Waals surface area contributed by atoms with Gasteiger partial charge in [0.05, 0.1) is 19.1 Å². The Bertz CT molecular complexity index is 477. The highest BCUT2D eigenvalue weighted by molar-refractivity contribution is 5.66. The molecule has 0 amide bonds. The molecule has 1 aromatic heterocycles. The molecule has 1 heterocycles. The summed E-state index contributed by atoms with van der Waals surface area (Å²) in [6.45, 7) is 3.22. The summed E-state index contributed by atoms with van der Waals surface area (Å²) in [7, 11) is 1.69. The number of rotatable bonds is 5. The molecule has 0 fully saturated rings. The summed E-state index contributed by atoms with van der Waals surface area (Å²) in [6, 6.07) is 7.96. The molecule has 0 N–H and O–H groups in total. The van der Waals surface area contributed by atoms with Gasteiger partial charge in [-0.15, -0.1) is 0 Å². The zero-order valence-corrected chi connectivity index (χ0v) is 10.4. The predicted octanol–water partition coefficient (Wildman–Crippen LogP) is 3.36. The second kappa shape index (κ2) is 5.53. The van der Waals surface area contributed by atoms with E-state index in [-0.39, 0.29) is 0 Å². The first kappa shape index (κ1) is 11.7. The normalized spacial score (nSPS) is 10.5. The van der Waals surface area contributed by atoms with Gasteiger partial charge in [-0.1, -0.05) is 25.5 Å². The van der Waals surface area contributed by atoms with Gasteiger partial charge in [0.1, 0.15) is 5.75 Å². The van der Waals surface area contributed by atoms with E-state index in [1.807, 2.05) is 30.6 Å². The molecule has 0 atom stereocenters. The molecular weight excluding hydrogens is 212 g/mol. The van der Waals surface area contributed by atoms with Crippen LogP contribution in [0.2, 0.25) is 0 Å². The number of methoxy groups -OCH3 is 1. The number of para-hydroxylation sites is 1. The maximum Gasteiger partial charge on any atom is 0.128 e. The molecule has 0 spiro atoms. The van der Waals surface area contributed by atoms with E-state index < -0.39 is 0 Å².